The summed E-state index contributed by atoms with van der Waals surface area (Å²) in [7, 11) is 0. The smallest absolute Gasteiger partial charge is 0.251 e. The van der Waals surface area contributed by atoms with E-state index in [1.165, 1.54) is 38.8 Å². The zero-order chi connectivity index (χ0) is 22.8. The predicted molar refractivity (Wildman–Crippen MR) is 132 cm³/mol. The first kappa shape index (κ1) is 21.9. The molecule has 5 nitrogen and oxygen atoms in total. The molecule has 1 saturated carbocycles. The molecule has 3 atom stereocenters. The highest BCUT2D eigenvalue weighted by Gasteiger charge is 2.37. The van der Waals surface area contributed by atoms with Crippen molar-refractivity contribution in [2.24, 2.45) is 5.92 Å². The molecule has 1 amide bonds. The van der Waals surface area contributed by atoms with Crippen LogP contribution in [-0.2, 0) is 6.61 Å². The van der Waals surface area contributed by atoms with Crippen molar-refractivity contribution in [1.82, 2.24) is 15.2 Å². The van der Waals surface area contributed by atoms with Crippen molar-refractivity contribution < 1.29 is 9.53 Å². The molecule has 1 N–H and O–H groups in total. The predicted octanol–water partition coefficient (Wildman–Crippen LogP) is 5.11. The summed E-state index contributed by atoms with van der Waals surface area (Å²) in [4.78, 5) is 20.2. The van der Waals surface area contributed by atoms with E-state index in [1.807, 2.05) is 49.4 Å². The number of nitrogens with zero attached hydrogens (tertiary/aromatic N) is 2. The Kier molecular flexibility index (Phi) is 6.32. The van der Waals surface area contributed by atoms with Gasteiger partial charge in [0.05, 0.1) is 5.52 Å². The second-order valence-corrected chi connectivity index (χ2v) is 9.62. The van der Waals surface area contributed by atoms with E-state index < -0.39 is 0 Å². The van der Waals surface area contributed by atoms with Crippen molar-refractivity contribution >= 4 is 16.8 Å². The van der Waals surface area contributed by atoms with Gasteiger partial charge in [0.15, 0.2) is 0 Å². The number of hydrogen-bond acceptors (Lipinski definition) is 4. The van der Waals surface area contributed by atoms with Gasteiger partial charge in [0.25, 0.3) is 5.91 Å². The van der Waals surface area contributed by atoms with Crippen LogP contribution in [0.4, 0.5) is 0 Å². The molecule has 5 rings (SSSR count). The average molecular weight is 444 g/mol. The van der Waals surface area contributed by atoms with Gasteiger partial charge in [0, 0.05) is 34.3 Å². The van der Waals surface area contributed by atoms with E-state index in [1.54, 1.807) is 0 Å². The zero-order valence-electron chi connectivity index (χ0n) is 19.6. The lowest BCUT2D eigenvalue weighted by molar-refractivity contribution is 0.0441. The van der Waals surface area contributed by atoms with Crippen LogP contribution < -0.4 is 10.1 Å². The Morgan fingerprint density at radius 1 is 1.09 bits per heavy atom. The lowest BCUT2D eigenvalue weighted by atomic mass is 9.80. The Labute approximate surface area is 196 Å². The molecule has 3 aromatic rings. The molecule has 5 heteroatoms. The van der Waals surface area contributed by atoms with Crippen LogP contribution in [0.3, 0.4) is 0 Å². The first-order valence-electron chi connectivity index (χ1n) is 12.2. The summed E-state index contributed by atoms with van der Waals surface area (Å²) >= 11 is 0. The molecular weight excluding hydrogens is 410 g/mol. The summed E-state index contributed by atoms with van der Waals surface area (Å²) in [5.74, 6) is 1.28. The fourth-order valence-electron chi connectivity index (χ4n) is 5.32. The van der Waals surface area contributed by atoms with E-state index in [-0.39, 0.29) is 11.9 Å². The highest BCUT2D eigenvalue weighted by molar-refractivity contribution is 5.94. The first-order chi connectivity index (χ1) is 16.1. The topological polar surface area (TPSA) is 54.5 Å². The van der Waals surface area contributed by atoms with Crippen molar-refractivity contribution in [2.45, 2.75) is 58.2 Å². The molecule has 2 heterocycles. The Balaban J connectivity index is 1.24. The minimum Gasteiger partial charge on any atom is -0.489 e. The van der Waals surface area contributed by atoms with Gasteiger partial charge in [-0.25, -0.2) is 0 Å². The molecule has 1 aromatic heterocycles. The third-order valence-corrected chi connectivity index (χ3v) is 7.29. The van der Waals surface area contributed by atoms with Gasteiger partial charge in [0.2, 0.25) is 0 Å². The van der Waals surface area contributed by atoms with Crippen molar-refractivity contribution in [3.63, 3.8) is 0 Å². The third kappa shape index (κ3) is 4.74. The number of rotatable bonds is 6. The van der Waals surface area contributed by atoms with Crippen LogP contribution in [0.25, 0.3) is 10.9 Å². The van der Waals surface area contributed by atoms with E-state index >= 15 is 0 Å². The first-order valence-corrected chi connectivity index (χ1v) is 12.2. The third-order valence-electron chi connectivity index (χ3n) is 7.29. The standard InChI is InChI=1S/C28H33N3O2/c1-19-7-5-10-26(31-15-6-16-31)27(19)30-28(32)21-11-13-23(14-12-21)33-18-22-17-20(2)29-25-9-4-3-8-24(22)25/h3-4,8-9,11-14,17,19,26-27H,5-7,10,15-16,18H2,1-2H3,(H,30,32). The monoisotopic (exact) mass is 443 g/mol. The number of pyridine rings is 1. The second-order valence-electron chi connectivity index (χ2n) is 9.62. The van der Waals surface area contributed by atoms with Gasteiger partial charge in [-0.3, -0.25) is 14.7 Å². The number of aryl methyl sites for hydroxylation is 1. The number of benzene rings is 2. The molecule has 33 heavy (non-hydrogen) atoms. The number of amides is 1. The van der Waals surface area contributed by atoms with E-state index in [0.29, 0.717) is 24.1 Å². The van der Waals surface area contributed by atoms with Crippen molar-refractivity contribution in [3.05, 3.63) is 71.4 Å². The fraction of sp³-hybridized carbons (Fsp3) is 0.429. The number of aromatic nitrogens is 1. The van der Waals surface area contributed by atoms with Crippen LogP contribution in [0.2, 0.25) is 0 Å². The summed E-state index contributed by atoms with van der Waals surface area (Å²) in [6.07, 6.45) is 4.91. The lowest BCUT2D eigenvalue weighted by Gasteiger charge is -2.47. The van der Waals surface area contributed by atoms with E-state index in [0.717, 1.165) is 27.9 Å². The van der Waals surface area contributed by atoms with Crippen LogP contribution >= 0.6 is 0 Å². The lowest BCUT2D eigenvalue weighted by Crippen LogP contribution is -2.59. The SMILES string of the molecule is Cc1cc(COc2ccc(C(=O)NC3C(C)CCCC3N3CCC3)cc2)c2ccccc2n1. The van der Waals surface area contributed by atoms with E-state index in [9.17, 15) is 4.79 Å². The van der Waals surface area contributed by atoms with Gasteiger partial charge in [-0.1, -0.05) is 31.5 Å². The summed E-state index contributed by atoms with van der Waals surface area (Å²) in [6.45, 7) is 7.08. The van der Waals surface area contributed by atoms with Gasteiger partial charge in [-0.2, -0.15) is 0 Å². The highest BCUT2D eigenvalue weighted by atomic mass is 16.5. The Morgan fingerprint density at radius 3 is 2.64 bits per heavy atom. The number of carbonyl (C=O) groups is 1. The van der Waals surface area contributed by atoms with Crippen molar-refractivity contribution in [1.29, 1.82) is 0 Å². The molecule has 0 radical (unpaired) electrons. The van der Waals surface area contributed by atoms with Gasteiger partial charge >= 0.3 is 0 Å². The second kappa shape index (κ2) is 9.52. The minimum atomic E-state index is 0.0153. The number of ether oxygens (including phenoxy) is 1. The van der Waals surface area contributed by atoms with E-state index in [4.69, 9.17) is 4.74 Å². The van der Waals surface area contributed by atoms with Gasteiger partial charge < -0.3 is 10.1 Å². The van der Waals surface area contributed by atoms with E-state index in [2.05, 4.69) is 34.3 Å². The Hall–Kier alpha value is -2.92. The molecule has 172 valence electrons. The summed E-state index contributed by atoms with van der Waals surface area (Å²) in [5, 5.41) is 4.47. The largest absolute Gasteiger partial charge is 0.489 e. The molecule has 2 aromatic carbocycles. The highest BCUT2D eigenvalue weighted by Crippen LogP contribution is 2.31. The number of hydrogen-bond donors (Lipinski definition) is 1. The molecule has 3 unspecified atom stereocenters. The van der Waals surface area contributed by atoms with Crippen molar-refractivity contribution in [3.8, 4) is 5.75 Å². The molecule has 1 aliphatic heterocycles. The maximum absolute atomic E-state index is 13.0. The Bertz CT molecular complexity index is 1120. The molecule has 2 aliphatic rings. The summed E-state index contributed by atoms with van der Waals surface area (Å²) < 4.78 is 6.06. The van der Waals surface area contributed by atoms with Gasteiger partial charge in [-0.05, 0) is 81.6 Å². The molecular formula is C28H33N3O2. The number of likely N-dealkylation sites (tertiary alicyclic amines) is 1. The molecule has 0 bridgehead atoms. The number of fused-ring (bicyclic) bond motifs is 1. The maximum atomic E-state index is 13.0. The quantitative estimate of drug-likeness (QED) is 0.575. The Morgan fingerprint density at radius 2 is 1.88 bits per heavy atom. The summed E-state index contributed by atoms with van der Waals surface area (Å²) in [6, 6.07) is 18.4. The number of carbonyl (C=O) groups excluding carboxylic acids is 1. The van der Waals surface area contributed by atoms with Crippen molar-refractivity contribution in [2.75, 3.05) is 13.1 Å². The zero-order valence-corrected chi connectivity index (χ0v) is 19.6. The number of nitrogens with one attached hydrogen (secondary N) is 1. The fourth-order valence-corrected chi connectivity index (χ4v) is 5.32. The average Bonchev–Trinajstić information content (AvgIpc) is 2.78. The normalized spacial score (nSPS) is 23.2. The maximum Gasteiger partial charge on any atom is 0.251 e. The molecule has 0 spiro atoms. The van der Waals surface area contributed by atoms with Crippen LogP contribution in [0.15, 0.2) is 54.6 Å². The van der Waals surface area contributed by atoms with Gasteiger partial charge in [-0.15, -0.1) is 0 Å². The minimum absolute atomic E-state index is 0.0153. The number of para-hydroxylation sites is 1. The van der Waals surface area contributed by atoms with Crippen LogP contribution in [0.5, 0.6) is 5.75 Å². The van der Waals surface area contributed by atoms with Crippen LogP contribution in [0.1, 0.15) is 54.2 Å². The molecule has 1 saturated heterocycles. The summed E-state index contributed by atoms with van der Waals surface area (Å²) in [5.41, 5.74) is 3.76. The van der Waals surface area contributed by atoms with Crippen LogP contribution in [-0.4, -0.2) is 41.0 Å². The molecule has 1 aliphatic carbocycles. The van der Waals surface area contributed by atoms with Crippen LogP contribution in [0, 0.1) is 12.8 Å². The van der Waals surface area contributed by atoms with Gasteiger partial charge in [0.1, 0.15) is 12.4 Å². The molecule has 2 fully saturated rings.